The van der Waals surface area contributed by atoms with Crippen LogP contribution in [0.25, 0.3) is 10.9 Å². The van der Waals surface area contributed by atoms with Gasteiger partial charge < -0.3 is 10.5 Å². The summed E-state index contributed by atoms with van der Waals surface area (Å²) in [6, 6.07) is 7.96. The molecule has 0 amide bonds. The fraction of sp³-hybridized carbons (Fsp3) is 0.182. The van der Waals surface area contributed by atoms with E-state index in [0.29, 0.717) is 11.6 Å². The van der Waals surface area contributed by atoms with E-state index in [1.54, 1.807) is 7.11 Å². The van der Waals surface area contributed by atoms with Gasteiger partial charge in [0.05, 0.1) is 12.6 Å². The molecule has 2 N–H and O–H groups in total. The number of aromatic nitrogens is 1. The van der Waals surface area contributed by atoms with Gasteiger partial charge in [-0.2, -0.15) is 0 Å². The van der Waals surface area contributed by atoms with Gasteiger partial charge in [0.2, 0.25) is 0 Å². The molecular formula is C11H12N2O. The molecule has 0 fully saturated rings. The summed E-state index contributed by atoms with van der Waals surface area (Å²) in [6.45, 7) is 2.03. The van der Waals surface area contributed by atoms with Crippen LogP contribution in [0.3, 0.4) is 0 Å². The molecule has 0 saturated carbocycles. The molecule has 3 heteroatoms. The topological polar surface area (TPSA) is 48.1 Å². The first-order chi connectivity index (χ1) is 6.70. The van der Waals surface area contributed by atoms with Crippen molar-refractivity contribution >= 4 is 16.7 Å². The Morgan fingerprint density at radius 1 is 1.29 bits per heavy atom. The highest BCUT2D eigenvalue weighted by Crippen LogP contribution is 2.24. The molecule has 1 heterocycles. The number of rotatable bonds is 1. The molecule has 72 valence electrons. The highest BCUT2D eigenvalue weighted by atomic mass is 16.5. The first kappa shape index (κ1) is 8.81. The molecule has 2 rings (SSSR count). The predicted octanol–water partition coefficient (Wildman–Crippen LogP) is 2.13. The zero-order valence-corrected chi connectivity index (χ0v) is 8.24. The summed E-state index contributed by atoms with van der Waals surface area (Å²) in [6.07, 6.45) is 0. The molecule has 0 saturated heterocycles. The molecule has 0 atom stereocenters. The smallest absolute Gasteiger partial charge is 0.166 e. The Labute approximate surface area is 82.5 Å². The van der Waals surface area contributed by atoms with Crippen LogP contribution in [0.1, 0.15) is 5.56 Å². The van der Waals surface area contributed by atoms with Crippen molar-refractivity contribution in [1.29, 1.82) is 0 Å². The molecule has 3 nitrogen and oxygen atoms in total. The zero-order valence-electron chi connectivity index (χ0n) is 8.24. The van der Waals surface area contributed by atoms with Crippen molar-refractivity contribution in [3.05, 3.63) is 29.8 Å². The molecule has 0 unspecified atom stereocenters. The number of pyridine rings is 1. The maximum Gasteiger partial charge on any atom is 0.166 e. The molecule has 1 aromatic heterocycles. The lowest BCUT2D eigenvalue weighted by Crippen LogP contribution is -1.96. The highest BCUT2D eigenvalue weighted by Gasteiger charge is 2.03. The second kappa shape index (κ2) is 3.18. The van der Waals surface area contributed by atoms with Crippen molar-refractivity contribution in [3.63, 3.8) is 0 Å². The number of methoxy groups -OCH3 is 1. The van der Waals surface area contributed by atoms with Crippen molar-refractivity contribution in [3.8, 4) is 5.75 Å². The van der Waals surface area contributed by atoms with Crippen molar-refractivity contribution in [2.45, 2.75) is 6.92 Å². The standard InChI is InChI=1S/C11H12N2O/c1-7-3-4-8-6-10(14-2)11(12)13-9(8)5-7/h3-6H,1-2H3,(H2,12,13). The van der Waals surface area contributed by atoms with Gasteiger partial charge in [-0.25, -0.2) is 4.98 Å². The van der Waals surface area contributed by atoms with E-state index in [4.69, 9.17) is 10.5 Å². The van der Waals surface area contributed by atoms with Crippen LogP contribution in [0.2, 0.25) is 0 Å². The van der Waals surface area contributed by atoms with Crippen molar-refractivity contribution in [2.24, 2.45) is 0 Å². The number of hydrogen-bond acceptors (Lipinski definition) is 3. The predicted molar refractivity (Wildman–Crippen MR) is 57.4 cm³/mol. The number of hydrogen-bond donors (Lipinski definition) is 1. The second-order valence-corrected chi connectivity index (χ2v) is 3.27. The van der Waals surface area contributed by atoms with Crippen molar-refractivity contribution in [2.75, 3.05) is 12.8 Å². The summed E-state index contributed by atoms with van der Waals surface area (Å²) in [5, 5.41) is 1.04. The van der Waals surface area contributed by atoms with Crippen LogP contribution in [0.5, 0.6) is 5.75 Å². The average molecular weight is 188 g/mol. The summed E-state index contributed by atoms with van der Waals surface area (Å²) in [4.78, 5) is 4.26. The number of nitrogens with zero attached hydrogens (tertiary/aromatic N) is 1. The molecule has 14 heavy (non-hydrogen) atoms. The minimum atomic E-state index is 0.436. The maximum atomic E-state index is 5.71. The second-order valence-electron chi connectivity index (χ2n) is 3.27. The van der Waals surface area contributed by atoms with Crippen LogP contribution in [-0.4, -0.2) is 12.1 Å². The van der Waals surface area contributed by atoms with E-state index in [-0.39, 0.29) is 0 Å². The third-order valence-corrected chi connectivity index (χ3v) is 2.19. The Hall–Kier alpha value is -1.77. The summed E-state index contributed by atoms with van der Waals surface area (Å²) in [7, 11) is 1.59. The van der Waals surface area contributed by atoms with E-state index in [0.717, 1.165) is 10.9 Å². The number of benzene rings is 1. The minimum Gasteiger partial charge on any atom is -0.493 e. The molecule has 0 aliphatic heterocycles. The van der Waals surface area contributed by atoms with Crippen molar-refractivity contribution in [1.82, 2.24) is 4.98 Å². The average Bonchev–Trinajstić information content (AvgIpc) is 2.16. The fourth-order valence-electron chi connectivity index (χ4n) is 1.44. The number of fused-ring (bicyclic) bond motifs is 1. The van der Waals surface area contributed by atoms with Gasteiger partial charge in [0.15, 0.2) is 11.6 Å². The first-order valence-electron chi connectivity index (χ1n) is 4.41. The van der Waals surface area contributed by atoms with E-state index in [1.807, 2.05) is 31.2 Å². The van der Waals surface area contributed by atoms with Crippen LogP contribution >= 0.6 is 0 Å². The van der Waals surface area contributed by atoms with Gasteiger partial charge in [0.1, 0.15) is 0 Å². The Balaban J connectivity index is 2.73. The lowest BCUT2D eigenvalue weighted by atomic mass is 10.1. The van der Waals surface area contributed by atoms with E-state index in [1.165, 1.54) is 5.56 Å². The van der Waals surface area contributed by atoms with Gasteiger partial charge in [0, 0.05) is 5.39 Å². The highest BCUT2D eigenvalue weighted by molar-refractivity contribution is 5.83. The molecule has 2 aromatic rings. The molecular weight excluding hydrogens is 176 g/mol. The third-order valence-electron chi connectivity index (χ3n) is 2.19. The van der Waals surface area contributed by atoms with Gasteiger partial charge in [-0.15, -0.1) is 0 Å². The normalized spacial score (nSPS) is 10.4. The summed E-state index contributed by atoms with van der Waals surface area (Å²) in [5.41, 5.74) is 7.79. The van der Waals surface area contributed by atoms with E-state index in [2.05, 4.69) is 4.98 Å². The molecule has 0 aliphatic carbocycles. The van der Waals surface area contributed by atoms with Crippen LogP contribution < -0.4 is 10.5 Å². The zero-order chi connectivity index (χ0) is 10.1. The maximum absolute atomic E-state index is 5.71. The van der Waals surface area contributed by atoms with Crippen LogP contribution in [0.4, 0.5) is 5.82 Å². The van der Waals surface area contributed by atoms with E-state index in [9.17, 15) is 0 Å². The fourth-order valence-corrected chi connectivity index (χ4v) is 1.44. The Morgan fingerprint density at radius 3 is 2.79 bits per heavy atom. The minimum absolute atomic E-state index is 0.436. The SMILES string of the molecule is COc1cc2ccc(C)cc2nc1N. The molecule has 0 spiro atoms. The van der Waals surface area contributed by atoms with Gasteiger partial charge in [-0.3, -0.25) is 0 Å². The lowest BCUT2D eigenvalue weighted by Gasteiger charge is -2.05. The number of anilines is 1. The Morgan fingerprint density at radius 2 is 2.07 bits per heavy atom. The number of aryl methyl sites for hydroxylation is 1. The van der Waals surface area contributed by atoms with Gasteiger partial charge in [-0.1, -0.05) is 12.1 Å². The van der Waals surface area contributed by atoms with Crippen molar-refractivity contribution < 1.29 is 4.74 Å². The molecule has 0 aliphatic rings. The summed E-state index contributed by atoms with van der Waals surface area (Å²) >= 11 is 0. The summed E-state index contributed by atoms with van der Waals surface area (Å²) < 4.78 is 5.10. The largest absolute Gasteiger partial charge is 0.493 e. The molecule has 1 aromatic carbocycles. The van der Waals surface area contributed by atoms with Crippen LogP contribution in [-0.2, 0) is 0 Å². The van der Waals surface area contributed by atoms with Gasteiger partial charge >= 0.3 is 0 Å². The van der Waals surface area contributed by atoms with E-state index < -0.39 is 0 Å². The quantitative estimate of drug-likeness (QED) is 0.745. The van der Waals surface area contributed by atoms with E-state index >= 15 is 0 Å². The number of nitrogens with two attached hydrogens (primary N) is 1. The first-order valence-corrected chi connectivity index (χ1v) is 4.41. The van der Waals surface area contributed by atoms with Gasteiger partial charge in [0.25, 0.3) is 0 Å². The molecule has 0 radical (unpaired) electrons. The summed E-state index contributed by atoms with van der Waals surface area (Å²) in [5.74, 6) is 1.06. The van der Waals surface area contributed by atoms with Crippen LogP contribution in [0, 0.1) is 6.92 Å². The number of nitrogen functional groups attached to an aromatic ring is 1. The monoisotopic (exact) mass is 188 g/mol. The third kappa shape index (κ3) is 1.37. The Bertz CT molecular complexity index is 480. The van der Waals surface area contributed by atoms with Crippen LogP contribution in [0.15, 0.2) is 24.3 Å². The van der Waals surface area contributed by atoms with Gasteiger partial charge in [-0.05, 0) is 24.6 Å². The lowest BCUT2D eigenvalue weighted by molar-refractivity contribution is 0.416. The Kier molecular flexibility index (Phi) is 2.00. The number of ether oxygens (including phenoxy) is 1. The molecule has 0 bridgehead atoms.